The maximum Gasteiger partial charge on any atom is 0.319 e. The number of rotatable bonds is 6. The zero-order chi connectivity index (χ0) is 32.6. The number of benzene rings is 2. The highest BCUT2D eigenvalue weighted by Crippen LogP contribution is 2.51. The van der Waals surface area contributed by atoms with Crippen molar-refractivity contribution in [3.63, 3.8) is 0 Å². The molecule has 244 valence electrons. The highest BCUT2D eigenvalue weighted by molar-refractivity contribution is 7.23. The van der Waals surface area contributed by atoms with Gasteiger partial charge in [-0.2, -0.15) is 15.2 Å². The fourth-order valence-electron chi connectivity index (χ4n) is 7.86. The minimum Gasteiger partial charge on any atom is -0.489 e. The molecule has 8 rings (SSSR count). The van der Waals surface area contributed by atoms with Crippen LogP contribution in [0.2, 0.25) is 5.02 Å². The second-order valence-electron chi connectivity index (χ2n) is 12.6. The molecule has 0 saturated carbocycles. The van der Waals surface area contributed by atoms with Crippen molar-refractivity contribution in [2.24, 2.45) is 0 Å². The third-order valence-electron chi connectivity index (χ3n) is 10.0. The van der Waals surface area contributed by atoms with Gasteiger partial charge in [-0.1, -0.05) is 17.7 Å². The molecule has 0 spiro atoms. The number of likely N-dealkylation sites (tertiary alicyclic amines) is 1. The molecule has 3 saturated heterocycles. The Hall–Kier alpha value is -4.06. The van der Waals surface area contributed by atoms with Gasteiger partial charge in [-0.15, -0.1) is 11.3 Å². The van der Waals surface area contributed by atoms with Gasteiger partial charge in [-0.05, 0) is 37.4 Å². The summed E-state index contributed by atoms with van der Waals surface area (Å²) in [5.74, 6) is -0.947. The highest BCUT2D eigenvalue weighted by atomic mass is 35.5. The Morgan fingerprint density at radius 2 is 2.09 bits per heavy atom. The predicted octanol–water partition coefficient (Wildman–Crippen LogP) is 5.28. The van der Waals surface area contributed by atoms with Crippen LogP contribution in [-0.4, -0.2) is 89.9 Å². The van der Waals surface area contributed by atoms with Gasteiger partial charge in [0.05, 0.1) is 32.8 Å². The number of alkyl halides is 1. The minimum atomic E-state index is -0.960. The van der Waals surface area contributed by atoms with E-state index in [1.807, 2.05) is 11.0 Å². The van der Waals surface area contributed by atoms with Gasteiger partial charge in [0.25, 0.3) is 0 Å². The van der Waals surface area contributed by atoms with Gasteiger partial charge < -0.3 is 25.0 Å². The number of halogens is 4. The normalized spacial score (nSPS) is 24.1. The predicted molar refractivity (Wildman–Crippen MR) is 172 cm³/mol. The van der Waals surface area contributed by atoms with E-state index in [9.17, 15) is 18.8 Å². The molecule has 0 unspecified atom stereocenters. The van der Waals surface area contributed by atoms with Crippen molar-refractivity contribution >= 4 is 61.2 Å². The number of nitrogen functional groups attached to an aromatic ring is 1. The van der Waals surface area contributed by atoms with Crippen molar-refractivity contribution in [1.29, 1.82) is 5.26 Å². The average molecular weight is 684 g/mol. The zero-order valence-corrected chi connectivity index (χ0v) is 26.6. The van der Waals surface area contributed by atoms with Crippen LogP contribution in [0.15, 0.2) is 12.1 Å². The molecule has 0 bridgehead atoms. The number of nitrogens with two attached hydrogens (primary N) is 1. The quantitative estimate of drug-likeness (QED) is 0.271. The number of nitrogens with zero attached hydrogens (tertiary/aromatic N) is 6. The second-order valence-corrected chi connectivity index (χ2v) is 14.0. The summed E-state index contributed by atoms with van der Waals surface area (Å²) in [7, 11) is 0. The SMILES string of the molecule is N#Cc1c(N)sc2c(F)ccc(-c3c(Cl)c4c5c(nc(OC[C@@]67CCCN6C[C@H](F)C7)nc5c3F)N([C@H]3CCN(C=O)C3)CCO4)c12. The smallest absolute Gasteiger partial charge is 0.319 e. The first-order valence-corrected chi connectivity index (χ1v) is 16.7. The Balaban J connectivity index is 1.33. The van der Waals surface area contributed by atoms with Gasteiger partial charge in [0.15, 0.2) is 11.6 Å². The van der Waals surface area contributed by atoms with E-state index in [1.165, 1.54) is 12.1 Å². The molecule has 0 aliphatic carbocycles. The van der Waals surface area contributed by atoms with E-state index in [4.69, 9.17) is 31.8 Å². The highest BCUT2D eigenvalue weighted by Gasteiger charge is 2.49. The molecule has 2 aromatic heterocycles. The third-order valence-corrected chi connectivity index (χ3v) is 11.4. The average Bonchev–Trinajstić information content (AvgIpc) is 3.80. The van der Waals surface area contributed by atoms with Gasteiger partial charge in [0.1, 0.15) is 47.6 Å². The van der Waals surface area contributed by atoms with Crippen LogP contribution in [0.5, 0.6) is 11.8 Å². The van der Waals surface area contributed by atoms with E-state index in [0.29, 0.717) is 44.8 Å². The van der Waals surface area contributed by atoms with Crippen molar-refractivity contribution in [3.8, 4) is 29.0 Å². The number of carbonyl (C=O) groups excluding carboxylic acids is 1. The molecule has 3 atom stereocenters. The van der Waals surface area contributed by atoms with E-state index in [1.54, 1.807) is 4.90 Å². The molecule has 47 heavy (non-hydrogen) atoms. The van der Waals surface area contributed by atoms with Gasteiger partial charge >= 0.3 is 6.01 Å². The van der Waals surface area contributed by atoms with E-state index in [2.05, 4.69) is 9.88 Å². The first-order valence-electron chi connectivity index (χ1n) is 15.5. The number of anilines is 2. The van der Waals surface area contributed by atoms with E-state index in [0.717, 1.165) is 37.1 Å². The number of carbonyl (C=O) groups is 1. The number of hydrogen-bond acceptors (Lipinski definition) is 10. The Kier molecular flexibility index (Phi) is 7.27. The zero-order valence-electron chi connectivity index (χ0n) is 25.1. The van der Waals surface area contributed by atoms with Crippen molar-refractivity contribution in [1.82, 2.24) is 19.8 Å². The summed E-state index contributed by atoms with van der Waals surface area (Å²) in [4.78, 5) is 26.7. The molecule has 0 radical (unpaired) electrons. The summed E-state index contributed by atoms with van der Waals surface area (Å²) in [6, 6.07) is 4.33. The lowest BCUT2D eigenvalue weighted by Gasteiger charge is -2.31. The number of aromatic nitrogens is 2. The summed E-state index contributed by atoms with van der Waals surface area (Å²) in [6.45, 7) is 2.76. The van der Waals surface area contributed by atoms with Crippen LogP contribution >= 0.6 is 22.9 Å². The van der Waals surface area contributed by atoms with Crippen LogP contribution in [0, 0.1) is 23.0 Å². The maximum absolute atomic E-state index is 17.1. The number of fused-ring (bicyclic) bond motifs is 2. The molecule has 2 N–H and O–H groups in total. The lowest BCUT2D eigenvalue weighted by atomic mass is 9.95. The van der Waals surface area contributed by atoms with Crippen molar-refractivity contribution in [2.75, 3.05) is 56.6 Å². The monoisotopic (exact) mass is 683 g/mol. The van der Waals surface area contributed by atoms with Crippen LogP contribution in [0.1, 0.15) is 31.2 Å². The molecular formula is C32H29ClF3N7O3S. The molecule has 2 aromatic carbocycles. The first-order chi connectivity index (χ1) is 22.7. The largest absolute Gasteiger partial charge is 0.489 e. The van der Waals surface area contributed by atoms with Gasteiger partial charge in [0, 0.05) is 43.0 Å². The molecule has 6 heterocycles. The number of thiophene rings is 1. The summed E-state index contributed by atoms with van der Waals surface area (Å²) in [6.07, 6.45) is 2.52. The van der Waals surface area contributed by atoms with Crippen LogP contribution in [-0.2, 0) is 4.79 Å². The Morgan fingerprint density at radius 1 is 1.23 bits per heavy atom. The topological polar surface area (TPSA) is 121 Å². The Morgan fingerprint density at radius 3 is 2.87 bits per heavy atom. The third kappa shape index (κ3) is 4.65. The first kappa shape index (κ1) is 30.3. The molecule has 3 fully saturated rings. The lowest BCUT2D eigenvalue weighted by molar-refractivity contribution is -0.117. The van der Waals surface area contributed by atoms with Crippen LogP contribution in [0.25, 0.3) is 32.1 Å². The number of ether oxygens (including phenoxy) is 2. The van der Waals surface area contributed by atoms with E-state index in [-0.39, 0.29) is 78.7 Å². The molecule has 4 aromatic rings. The van der Waals surface area contributed by atoms with E-state index >= 15 is 4.39 Å². The minimum absolute atomic E-state index is 0.0180. The summed E-state index contributed by atoms with van der Waals surface area (Å²) in [5, 5.41) is 10.3. The molecule has 15 heteroatoms. The Bertz CT molecular complexity index is 2010. The summed E-state index contributed by atoms with van der Waals surface area (Å²) < 4.78 is 59.1. The second kappa shape index (κ2) is 11.3. The number of amides is 1. The van der Waals surface area contributed by atoms with Crippen molar-refractivity contribution < 1.29 is 27.4 Å². The Labute approximate surface area is 276 Å². The fourth-order valence-corrected chi connectivity index (χ4v) is 9.14. The standard InChI is InChI=1S/C32H29ClF3N7O3S/c33-24-22(18-2-3-20(35)28-21(18)19(11-37)29(38)47-28)25(36)26-23-27(24)45-9-8-43(17-4-7-41(13-17)15-44)30(23)40-31(39-26)46-14-32-5-1-6-42(32)12-16(34)10-32/h2-3,15-17H,1,4-10,12-14,38H2/t16-,17+,32+/m1/s1. The van der Waals surface area contributed by atoms with Crippen molar-refractivity contribution in [3.05, 3.63) is 34.4 Å². The molecule has 4 aliphatic rings. The van der Waals surface area contributed by atoms with Gasteiger partial charge in [-0.25, -0.2) is 13.2 Å². The summed E-state index contributed by atoms with van der Waals surface area (Å²) >= 11 is 7.89. The number of hydrogen-bond donors (Lipinski definition) is 1. The molecule has 4 aliphatic heterocycles. The van der Waals surface area contributed by atoms with Gasteiger partial charge in [0.2, 0.25) is 6.41 Å². The molecule has 1 amide bonds. The number of nitriles is 1. The summed E-state index contributed by atoms with van der Waals surface area (Å²) in [5.41, 5.74) is 5.51. The van der Waals surface area contributed by atoms with Crippen LogP contribution < -0.4 is 20.1 Å². The lowest BCUT2D eigenvalue weighted by Crippen LogP contribution is -2.43. The van der Waals surface area contributed by atoms with E-state index < -0.39 is 23.3 Å². The maximum atomic E-state index is 17.1. The van der Waals surface area contributed by atoms with Crippen LogP contribution in [0.3, 0.4) is 0 Å². The fraction of sp³-hybridized carbons (Fsp3) is 0.438. The van der Waals surface area contributed by atoms with Gasteiger partial charge in [-0.3, -0.25) is 9.69 Å². The molecule has 10 nitrogen and oxygen atoms in total. The molecular weight excluding hydrogens is 655 g/mol. The van der Waals surface area contributed by atoms with Crippen LogP contribution in [0.4, 0.5) is 24.0 Å². The van der Waals surface area contributed by atoms with Crippen molar-refractivity contribution in [2.45, 2.75) is 43.4 Å².